The van der Waals surface area contributed by atoms with Crippen LogP contribution in [0.25, 0.3) is 5.65 Å². The minimum absolute atomic E-state index is 0.142. The third-order valence-electron chi connectivity index (χ3n) is 3.77. The molecule has 0 amide bonds. The highest BCUT2D eigenvalue weighted by Gasteiger charge is 2.33. The fraction of sp³-hybridized carbons (Fsp3) is 0.235. The van der Waals surface area contributed by atoms with Crippen LogP contribution in [0.3, 0.4) is 0 Å². The third kappa shape index (κ3) is 3.66. The molecule has 3 aromatic rings. The second-order valence-corrected chi connectivity index (χ2v) is 6.73. The lowest BCUT2D eigenvalue weighted by atomic mass is 10.1. The number of aryl methyl sites for hydroxylation is 1. The van der Waals surface area contributed by atoms with Gasteiger partial charge in [0.25, 0.3) is 0 Å². The molecule has 0 saturated heterocycles. The zero-order chi connectivity index (χ0) is 19.1. The van der Waals surface area contributed by atoms with Crippen LogP contribution >= 0.6 is 27.5 Å². The Morgan fingerprint density at radius 3 is 2.65 bits per heavy atom. The van der Waals surface area contributed by atoms with Crippen LogP contribution in [0.1, 0.15) is 29.3 Å². The van der Waals surface area contributed by atoms with Crippen molar-refractivity contribution in [2.24, 2.45) is 0 Å². The van der Waals surface area contributed by atoms with Gasteiger partial charge in [0, 0.05) is 17.8 Å². The van der Waals surface area contributed by atoms with Crippen molar-refractivity contribution < 1.29 is 22.3 Å². The number of hydrogen-bond acceptors (Lipinski definition) is 2. The average Bonchev–Trinajstić information content (AvgIpc) is 2.91. The van der Waals surface area contributed by atoms with Gasteiger partial charge in [-0.1, -0.05) is 25.1 Å². The topological polar surface area (TPSA) is 26.5 Å². The van der Waals surface area contributed by atoms with Crippen molar-refractivity contribution >= 4 is 33.2 Å². The molecule has 0 aliphatic heterocycles. The summed E-state index contributed by atoms with van der Waals surface area (Å²) in [6, 6.07) is 6.88. The van der Waals surface area contributed by atoms with Crippen LogP contribution in [-0.2, 0) is 6.42 Å². The first-order valence-corrected chi connectivity index (χ1v) is 8.78. The van der Waals surface area contributed by atoms with E-state index in [9.17, 15) is 17.6 Å². The van der Waals surface area contributed by atoms with Gasteiger partial charge >= 0.3 is 6.36 Å². The van der Waals surface area contributed by atoms with Gasteiger partial charge in [0.05, 0.1) is 15.9 Å². The summed E-state index contributed by atoms with van der Waals surface area (Å²) in [5.41, 5.74) is 1.48. The zero-order valence-electron chi connectivity index (χ0n) is 13.3. The molecular weight excluding hydrogens is 440 g/mol. The van der Waals surface area contributed by atoms with Crippen LogP contribution in [-0.4, -0.2) is 15.7 Å². The lowest BCUT2D eigenvalue weighted by molar-refractivity contribution is -0.274. The molecule has 0 aliphatic carbocycles. The van der Waals surface area contributed by atoms with Crippen LogP contribution in [0.2, 0.25) is 0 Å². The summed E-state index contributed by atoms with van der Waals surface area (Å²) in [7, 11) is 0. The molecule has 26 heavy (non-hydrogen) atoms. The Kier molecular flexibility index (Phi) is 5.16. The van der Waals surface area contributed by atoms with Gasteiger partial charge in [-0.3, -0.25) is 0 Å². The Labute approximate surface area is 159 Å². The van der Waals surface area contributed by atoms with Crippen LogP contribution in [0.5, 0.6) is 5.75 Å². The van der Waals surface area contributed by atoms with Gasteiger partial charge in [-0.25, -0.2) is 9.37 Å². The van der Waals surface area contributed by atoms with Crippen LogP contribution in [0, 0.1) is 5.82 Å². The largest absolute Gasteiger partial charge is 0.573 e. The SMILES string of the molecule is CCc1nc2cc(F)c(Br)cn2c1C(Cl)c1ccccc1OC(F)(F)F. The predicted molar refractivity (Wildman–Crippen MR) is 93.0 cm³/mol. The molecule has 3 nitrogen and oxygen atoms in total. The number of rotatable bonds is 4. The first-order chi connectivity index (χ1) is 12.2. The van der Waals surface area contributed by atoms with Crippen molar-refractivity contribution in [3.63, 3.8) is 0 Å². The normalized spacial score (nSPS) is 13.2. The molecular formula is C17H12BrClF4N2O. The Bertz CT molecular complexity index is 958. The van der Waals surface area contributed by atoms with E-state index in [2.05, 4.69) is 25.7 Å². The second kappa shape index (κ2) is 7.08. The van der Waals surface area contributed by atoms with Gasteiger partial charge in [0.2, 0.25) is 0 Å². The second-order valence-electron chi connectivity index (χ2n) is 5.44. The van der Waals surface area contributed by atoms with Crippen LogP contribution in [0.4, 0.5) is 17.6 Å². The first kappa shape index (κ1) is 19.0. The van der Waals surface area contributed by atoms with Crippen molar-refractivity contribution in [3.8, 4) is 5.75 Å². The Balaban J connectivity index is 2.17. The van der Waals surface area contributed by atoms with E-state index in [1.807, 2.05) is 6.92 Å². The maximum Gasteiger partial charge on any atom is 0.573 e. The minimum Gasteiger partial charge on any atom is -0.405 e. The lowest BCUT2D eigenvalue weighted by Gasteiger charge is -2.17. The van der Waals surface area contributed by atoms with E-state index in [0.29, 0.717) is 23.5 Å². The molecule has 1 aromatic carbocycles. The fourth-order valence-electron chi connectivity index (χ4n) is 2.69. The highest BCUT2D eigenvalue weighted by atomic mass is 79.9. The monoisotopic (exact) mass is 450 g/mol. The molecule has 0 aliphatic rings. The molecule has 0 spiro atoms. The summed E-state index contributed by atoms with van der Waals surface area (Å²) >= 11 is 9.65. The molecule has 0 N–H and O–H groups in total. The van der Waals surface area contributed by atoms with Crippen molar-refractivity contribution in [1.82, 2.24) is 9.38 Å². The van der Waals surface area contributed by atoms with Crippen molar-refractivity contribution in [2.45, 2.75) is 25.1 Å². The summed E-state index contributed by atoms with van der Waals surface area (Å²) in [5.74, 6) is -0.887. The molecule has 3 rings (SSSR count). The van der Waals surface area contributed by atoms with Gasteiger partial charge in [0.15, 0.2) is 0 Å². The molecule has 138 valence electrons. The number of para-hydroxylation sites is 1. The third-order valence-corrected chi connectivity index (χ3v) is 4.80. The number of hydrogen-bond donors (Lipinski definition) is 0. The first-order valence-electron chi connectivity index (χ1n) is 7.56. The van der Waals surface area contributed by atoms with Gasteiger partial charge in [-0.2, -0.15) is 0 Å². The number of alkyl halides is 4. The molecule has 0 bridgehead atoms. The van der Waals surface area contributed by atoms with Gasteiger partial charge in [-0.05, 0) is 28.4 Å². The lowest BCUT2D eigenvalue weighted by Crippen LogP contribution is -2.18. The number of aromatic nitrogens is 2. The quantitative estimate of drug-likeness (QED) is 0.358. The molecule has 9 heteroatoms. The molecule has 1 atom stereocenters. The Morgan fingerprint density at radius 1 is 1.31 bits per heavy atom. The number of pyridine rings is 1. The van der Waals surface area contributed by atoms with Gasteiger partial charge in [0.1, 0.15) is 22.6 Å². The van der Waals surface area contributed by atoms with Crippen molar-refractivity contribution in [2.75, 3.05) is 0 Å². The van der Waals surface area contributed by atoms with E-state index in [1.54, 1.807) is 10.5 Å². The highest BCUT2D eigenvalue weighted by molar-refractivity contribution is 9.10. The smallest absolute Gasteiger partial charge is 0.405 e. The van der Waals surface area contributed by atoms with E-state index < -0.39 is 23.3 Å². The number of fused-ring (bicyclic) bond motifs is 1. The highest BCUT2D eigenvalue weighted by Crippen LogP contribution is 2.39. The minimum atomic E-state index is -4.84. The molecule has 0 saturated carbocycles. The molecule has 1 unspecified atom stereocenters. The van der Waals surface area contributed by atoms with E-state index in [4.69, 9.17) is 11.6 Å². The molecule has 2 aromatic heterocycles. The van der Waals surface area contributed by atoms with E-state index >= 15 is 0 Å². The fourth-order valence-corrected chi connectivity index (χ4v) is 3.42. The standard InChI is InChI=1S/C17H12BrClF4N2O/c1-2-12-16(25-8-10(18)11(20)7-14(25)24-12)15(19)9-5-3-4-6-13(9)26-17(21,22)23/h3-8,15H,2H2,1H3. The van der Waals surface area contributed by atoms with Crippen molar-refractivity contribution in [3.05, 3.63) is 63.8 Å². The number of benzene rings is 1. The van der Waals surface area contributed by atoms with Gasteiger partial charge < -0.3 is 9.14 Å². The van der Waals surface area contributed by atoms with E-state index in [1.165, 1.54) is 30.5 Å². The molecule has 0 radical (unpaired) electrons. The summed E-state index contributed by atoms with van der Waals surface area (Å²) < 4.78 is 57.7. The molecule has 2 heterocycles. The predicted octanol–water partition coefficient (Wildman–Crippen LogP) is 6.03. The number of halogens is 6. The maximum absolute atomic E-state index is 13.8. The zero-order valence-corrected chi connectivity index (χ0v) is 15.7. The number of ether oxygens (including phenoxy) is 1. The summed E-state index contributed by atoms with van der Waals surface area (Å²) in [5, 5.41) is -0.976. The maximum atomic E-state index is 13.8. The summed E-state index contributed by atoms with van der Waals surface area (Å²) in [6.45, 7) is 1.83. The van der Waals surface area contributed by atoms with E-state index in [-0.39, 0.29) is 10.0 Å². The van der Waals surface area contributed by atoms with Gasteiger partial charge in [-0.15, -0.1) is 24.8 Å². The van der Waals surface area contributed by atoms with Crippen LogP contribution in [0.15, 0.2) is 41.0 Å². The summed E-state index contributed by atoms with van der Waals surface area (Å²) in [4.78, 5) is 4.34. The van der Waals surface area contributed by atoms with Crippen molar-refractivity contribution in [1.29, 1.82) is 0 Å². The Hall–Kier alpha value is -1.80. The molecule has 0 fully saturated rings. The average molecular weight is 452 g/mol. The summed E-state index contributed by atoms with van der Waals surface area (Å²) in [6.07, 6.45) is -2.91. The van der Waals surface area contributed by atoms with E-state index in [0.717, 1.165) is 0 Å². The number of nitrogens with zero attached hydrogens (tertiary/aromatic N) is 2. The Morgan fingerprint density at radius 2 is 2.00 bits per heavy atom. The number of imidazole rings is 1. The van der Waals surface area contributed by atoms with Crippen LogP contribution < -0.4 is 4.74 Å².